The normalized spacial score (nSPS) is 36.8. The number of rotatable bonds is 3. The molecule has 0 spiro atoms. The molecule has 2 rings (SSSR count). The van der Waals surface area contributed by atoms with E-state index in [0.29, 0.717) is 18.2 Å². The maximum absolute atomic E-state index is 5.89. The molecule has 0 aromatic rings. The fourth-order valence-corrected chi connectivity index (χ4v) is 2.01. The van der Waals surface area contributed by atoms with Crippen LogP contribution in [0.25, 0.3) is 0 Å². The Labute approximate surface area is 74.7 Å². The Hall–Kier alpha value is -0.0800. The van der Waals surface area contributed by atoms with Gasteiger partial charge in [-0.05, 0) is 45.6 Å². The predicted octanol–water partition coefficient (Wildman–Crippen LogP) is 1.70. The molecular formula is C10H19NO. The smallest absolute Gasteiger partial charge is 0.0593 e. The van der Waals surface area contributed by atoms with Crippen molar-refractivity contribution >= 4 is 0 Å². The molecule has 2 heteroatoms. The van der Waals surface area contributed by atoms with Crippen molar-refractivity contribution in [3.05, 3.63) is 0 Å². The van der Waals surface area contributed by atoms with Gasteiger partial charge in [0.25, 0.3) is 0 Å². The second kappa shape index (κ2) is 3.75. The van der Waals surface area contributed by atoms with E-state index >= 15 is 0 Å². The zero-order valence-electron chi connectivity index (χ0n) is 7.88. The van der Waals surface area contributed by atoms with Crippen LogP contribution in [0.1, 0.15) is 38.5 Å². The lowest BCUT2D eigenvalue weighted by Crippen LogP contribution is -2.35. The van der Waals surface area contributed by atoms with Crippen molar-refractivity contribution in [2.24, 2.45) is 0 Å². The van der Waals surface area contributed by atoms with Gasteiger partial charge < -0.3 is 10.1 Å². The molecule has 12 heavy (non-hydrogen) atoms. The summed E-state index contributed by atoms with van der Waals surface area (Å²) >= 11 is 0. The van der Waals surface area contributed by atoms with Crippen molar-refractivity contribution in [2.45, 2.75) is 56.8 Å². The van der Waals surface area contributed by atoms with Gasteiger partial charge in [-0.25, -0.2) is 0 Å². The summed E-state index contributed by atoms with van der Waals surface area (Å²) in [6.45, 7) is 0. The van der Waals surface area contributed by atoms with Crippen molar-refractivity contribution in [1.29, 1.82) is 0 Å². The van der Waals surface area contributed by atoms with Crippen LogP contribution in [-0.4, -0.2) is 25.3 Å². The van der Waals surface area contributed by atoms with Crippen LogP contribution in [-0.2, 0) is 4.74 Å². The first-order valence-electron chi connectivity index (χ1n) is 5.21. The lowest BCUT2D eigenvalue weighted by Gasteiger charge is -2.28. The van der Waals surface area contributed by atoms with E-state index in [4.69, 9.17) is 4.74 Å². The van der Waals surface area contributed by atoms with Crippen LogP contribution in [0.3, 0.4) is 0 Å². The highest BCUT2D eigenvalue weighted by atomic mass is 16.5. The van der Waals surface area contributed by atoms with E-state index in [1.807, 2.05) is 0 Å². The maximum atomic E-state index is 5.89. The van der Waals surface area contributed by atoms with Crippen LogP contribution in [0.2, 0.25) is 0 Å². The number of hydrogen-bond acceptors (Lipinski definition) is 2. The summed E-state index contributed by atoms with van der Waals surface area (Å²) in [5.74, 6) is 0. The standard InChI is InChI=1S/C10H19NO/c1-11-8-3-2-4-10(7-8)12-9-5-6-9/h8-11H,2-7H2,1H3/t8-,10+/m1/s1. The highest BCUT2D eigenvalue weighted by Gasteiger charge is 2.29. The molecule has 2 aliphatic carbocycles. The predicted molar refractivity (Wildman–Crippen MR) is 49.2 cm³/mol. The van der Waals surface area contributed by atoms with Gasteiger partial charge in [-0.3, -0.25) is 0 Å². The Morgan fingerprint density at radius 2 is 1.92 bits per heavy atom. The second-order valence-corrected chi connectivity index (χ2v) is 4.11. The topological polar surface area (TPSA) is 21.3 Å². The monoisotopic (exact) mass is 169 g/mol. The SMILES string of the molecule is CN[C@@H]1CCC[C@H](OC2CC2)C1. The van der Waals surface area contributed by atoms with Gasteiger partial charge in [0.2, 0.25) is 0 Å². The fourth-order valence-electron chi connectivity index (χ4n) is 2.01. The first-order chi connectivity index (χ1) is 5.88. The first kappa shape index (κ1) is 8.52. The summed E-state index contributed by atoms with van der Waals surface area (Å²) in [6.07, 6.45) is 8.99. The molecular weight excluding hydrogens is 150 g/mol. The van der Waals surface area contributed by atoms with Crippen molar-refractivity contribution in [3.8, 4) is 0 Å². The fraction of sp³-hybridized carbons (Fsp3) is 1.00. The highest BCUT2D eigenvalue weighted by molar-refractivity contribution is 4.81. The third-order valence-corrected chi connectivity index (χ3v) is 2.94. The van der Waals surface area contributed by atoms with Crippen LogP contribution >= 0.6 is 0 Å². The van der Waals surface area contributed by atoms with Crippen molar-refractivity contribution in [1.82, 2.24) is 5.32 Å². The van der Waals surface area contributed by atoms with E-state index in [0.717, 1.165) is 0 Å². The molecule has 0 bridgehead atoms. The van der Waals surface area contributed by atoms with E-state index in [-0.39, 0.29) is 0 Å². The summed E-state index contributed by atoms with van der Waals surface area (Å²) in [5.41, 5.74) is 0. The van der Waals surface area contributed by atoms with Gasteiger partial charge in [-0.2, -0.15) is 0 Å². The zero-order chi connectivity index (χ0) is 8.39. The number of nitrogens with one attached hydrogen (secondary N) is 1. The number of hydrogen-bond donors (Lipinski definition) is 1. The molecule has 2 nitrogen and oxygen atoms in total. The number of ether oxygens (including phenoxy) is 1. The van der Waals surface area contributed by atoms with Crippen LogP contribution in [0.4, 0.5) is 0 Å². The third kappa shape index (κ3) is 2.20. The van der Waals surface area contributed by atoms with Crippen LogP contribution in [0.5, 0.6) is 0 Å². The zero-order valence-corrected chi connectivity index (χ0v) is 7.88. The molecule has 0 aromatic heterocycles. The van der Waals surface area contributed by atoms with E-state index in [1.54, 1.807) is 0 Å². The van der Waals surface area contributed by atoms with Gasteiger partial charge >= 0.3 is 0 Å². The molecule has 0 aromatic carbocycles. The summed E-state index contributed by atoms with van der Waals surface area (Å²) in [7, 11) is 2.06. The highest BCUT2D eigenvalue weighted by Crippen LogP contribution is 2.30. The van der Waals surface area contributed by atoms with Crippen LogP contribution in [0.15, 0.2) is 0 Å². The largest absolute Gasteiger partial charge is 0.375 e. The average Bonchev–Trinajstić information content (AvgIpc) is 2.89. The quantitative estimate of drug-likeness (QED) is 0.694. The molecule has 2 saturated carbocycles. The Bertz CT molecular complexity index is 145. The minimum Gasteiger partial charge on any atom is -0.375 e. The Kier molecular flexibility index (Phi) is 2.66. The molecule has 2 aliphatic rings. The van der Waals surface area contributed by atoms with E-state index in [2.05, 4.69) is 12.4 Å². The first-order valence-corrected chi connectivity index (χ1v) is 5.21. The molecule has 1 N–H and O–H groups in total. The Morgan fingerprint density at radius 1 is 1.08 bits per heavy atom. The summed E-state index contributed by atoms with van der Waals surface area (Å²) in [6, 6.07) is 0.711. The maximum Gasteiger partial charge on any atom is 0.0593 e. The lowest BCUT2D eigenvalue weighted by atomic mass is 9.93. The molecule has 0 unspecified atom stereocenters. The second-order valence-electron chi connectivity index (χ2n) is 4.11. The van der Waals surface area contributed by atoms with Gasteiger partial charge in [0.15, 0.2) is 0 Å². The molecule has 2 atom stereocenters. The molecule has 2 fully saturated rings. The van der Waals surface area contributed by atoms with E-state index in [1.165, 1.54) is 38.5 Å². The molecule has 0 aliphatic heterocycles. The van der Waals surface area contributed by atoms with Crippen molar-refractivity contribution < 1.29 is 4.74 Å². The summed E-state index contributed by atoms with van der Waals surface area (Å²) in [4.78, 5) is 0. The minimum atomic E-state index is 0.559. The van der Waals surface area contributed by atoms with Gasteiger partial charge in [-0.1, -0.05) is 0 Å². The summed E-state index contributed by atoms with van der Waals surface area (Å²) in [5, 5.41) is 3.35. The molecule has 0 saturated heterocycles. The van der Waals surface area contributed by atoms with E-state index < -0.39 is 0 Å². The van der Waals surface area contributed by atoms with Gasteiger partial charge in [-0.15, -0.1) is 0 Å². The Balaban J connectivity index is 1.73. The summed E-state index contributed by atoms with van der Waals surface area (Å²) < 4.78 is 5.89. The van der Waals surface area contributed by atoms with Crippen molar-refractivity contribution in [2.75, 3.05) is 7.05 Å². The molecule has 70 valence electrons. The minimum absolute atomic E-state index is 0.559. The molecule has 0 radical (unpaired) electrons. The van der Waals surface area contributed by atoms with Gasteiger partial charge in [0.1, 0.15) is 0 Å². The third-order valence-electron chi connectivity index (χ3n) is 2.94. The molecule has 0 amide bonds. The van der Waals surface area contributed by atoms with Gasteiger partial charge in [0.05, 0.1) is 12.2 Å². The molecule has 0 heterocycles. The van der Waals surface area contributed by atoms with E-state index in [9.17, 15) is 0 Å². The van der Waals surface area contributed by atoms with Crippen LogP contribution < -0.4 is 5.32 Å². The van der Waals surface area contributed by atoms with Crippen molar-refractivity contribution in [3.63, 3.8) is 0 Å². The average molecular weight is 169 g/mol. The van der Waals surface area contributed by atoms with Crippen LogP contribution in [0, 0.1) is 0 Å². The Morgan fingerprint density at radius 3 is 2.58 bits per heavy atom. The lowest BCUT2D eigenvalue weighted by molar-refractivity contribution is 0.00897. The van der Waals surface area contributed by atoms with Gasteiger partial charge in [0, 0.05) is 6.04 Å².